The molecule has 1 aromatic heterocycles. The number of hydrogen-bond donors (Lipinski definition) is 2. The van der Waals surface area contributed by atoms with Crippen molar-refractivity contribution in [3.8, 4) is 0 Å². The third kappa shape index (κ3) is 3.94. The van der Waals surface area contributed by atoms with Gasteiger partial charge in [0.05, 0.1) is 11.1 Å². The fourth-order valence-corrected chi connectivity index (χ4v) is 2.15. The quantitative estimate of drug-likeness (QED) is 0.616. The monoisotopic (exact) mass is 317 g/mol. The standard InChI is InChI=1S/C15H15N3O5/c1-17-9-11(18(22)23)8-13(17)14(19)16-12(15(20)21)7-10-5-3-2-4-6-10/h2-6,8-9,12H,7H2,1H3,(H,16,19)(H,20,21). The SMILES string of the molecule is Cn1cc([N+](=O)[O-])cc1C(=O)NC(Cc1ccccc1)C(=O)O. The number of carboxylic acids is 1. The molecule has 120 valence electrons. The number of rotatable bonds is 6. The number of nitrogens with one attached hydrogen (secondary N) is 1. The normalized spacial score (nSPS) is 11.7. The van der Waals surface area contributed by atoms with E-state index in [1.165, 1.54) is 17.8 Å². The molecule has 8 nitrogen and oxygen atoms in total. The van der Waals surface area contributed by atoms with Crippen molar-refractivity contribution in [1.29, 1.82) is 0 Å². The van der Waals surface area contributed by atoms with Crippen LogP contribution in [0.15, 0.2) is 42.6 Å². The number of nitrogens with zero attached hydrogens (tertiary/aromatic N) is 2. The molecule has 2 aromatic rings. The molecule has 0 saturated heterocycles. The Morgan fingerprint density at radius 2 is 2.00 bits per heavy atom. The molecule has 0 spiro atoms. The summed E-state index contributed by atoms with van der Waals surface area (Å²) in [6.07, 6.45) is 1.32. The van der Waals surface area contributed by atoms with Crippen LogP contribution < -0.4 is 5.32 Å². The van der Waals surface area contributed by atoms with E-state index < -0.39 is 22.8 Å². The number of aryl methyl sites for hydroxylation is 1. The number of aromatic nitrogens is 1. The highest BCUT2D eigenvalue weighted by Gasteiger charge is 2.24. The first kappa shape index (κ1) is 16.2. The number of benzene rings is 1. The fourth-order valence-electron chi connectivity index (χ4n) is 2.15. The van der Waals surface area contributed by atoms with E-state index in [2.05, 4.69) is 5.32 Å². The van der Waals surface area contributed by atoms with Gasteiger partial charge in [0.15, 0.2) is 0 Å². The Kier molecular flexibility index (Phi) is 4.75. The van der Waals surface area contributed by atoms with Gasteiger partial charge in [0, 0.05) is 19.5 Å². The van der Waals surface area contributed by atoms with Gasteiger partial charge in [-0.3, -0.25) is 14.9 Å². The van der Waals surface area contributed by atoms with Crippen molar-refractivity contribution in [3.63, 3.8) is 0 Å². The largest absolute Gasteiger partial charge is 0.480 e. The van der Waals surface area contributed by atoms with Crippen LogP contribution in [0.1, 0.15) is 16.1 Å². The van der Waals surface area contributed by atoms with Crippen molar-refractivity contribution in [3.05, 3.63) is 64.0 Å². The van der Waals surface area contributed by atoms with E-state index in [0.29, 0.717) is 0 Å². The Morgan fingerprint density at radius 1 is 1.35 bits per heavy atom. The van der Waals surface area contributed by atoms with Gasteiger partial charge in [-0.2, -0.15) is 0 Å². The zero-order valence-corrected chi connectivity index (χ0v) is 12.3. The molecule has 1 aromatic carbocycles. The maximum atomic E-state index is 12.2. The second-order valence-corrected chi connectivity index (χ2v) is 5.01. The Morgan fingerprint density at radius 3 is 2.52 bits per heavy atom. The van der Waals surface area contributed by atoms with Crippen LogP contribution in [0.4, 0.5) is 5.69 Å². The molecule has 1 heterocycles. The first-order valence-corrected chi connectivity index (χ1v) is 6.77. The molecule has 23 heavy (non-hydrogen) atoms. The molecule has 2 N–H and O–H groups in total. The number of carbonyl (C=O) groups is 2. The molecule has 1 unspecified atom stereocenters. The van der Waals surface area contributed by atoms with Crippen LogP contribution in [0.2, 0.25) is 0 Å². The smallest absolute Gasteiger partial charge is 0.326 e. The molecule has 0 aliphatic heterocycles. The molecule has 0 aliphatic rings. The molecule has 1 atom stereocenters. The van der Waals surface area contributed by atoms with E-state index in [0.717, 1.165) is 11.6 Å². The molecule has 0 aliphatic carbocycles. The van der Waals surface area contributed by atoms with E-state index in [4.69, 9.17) is 0 Å². The number of amides is 1. The van der Waals surface area contributed by atoms with Crippen molar-refractivity contribution in [2.45, 2.75) is 12.5 Å². The van der Waals surface area contributed by atoms with E-state index in [1.807, 2.05) is 0 Å². The Bertz CT molecular complexity index is 739. The third-order valence-corrected chi connectivity index (χ3v) is 3.32. The second-order valence-electron chi connectivity index (χ2n) is 5.01. The lowest BCUT2D eigenvalue weighted by molar-refractivity contribution is -0.384. The summed E-state index contributed by atoms with van der Waals surface area (Å²) in [4.78, 5) is 33.6. The van der Waals surface area contributed by atoms with Crippen LogP contribution in [-0.2, 0) is 18.3 Å². The Hall–Kier alpha value is -3.16. The Labute approximate surface area is 131 Å². The summed E-state index contributed by atoms with van der Waals surface area (Å²) < 4.78 is 1.29. The van der Waals surface area contributed by atoms with E-state index >= 15 is 0 Å². The highest BCUT2D eigenvalue weighted by molar-refractivity contribution is 5.96. The van der Waals surface area contributed by atoms with Gasteiger partial charge in [0.25, 0.3) is 11.6 Å². The molecule has 1 amide bonds. The minimum absolute atomic E-state index is 0.0241. The molecular formula is C15H15N3O5. The fraction of sp³-hybridized carbons (Fsp3) is 0.200. The first-order chi connectivity index (χ1) is 10.9. The van der Waals surface area contributed by atoms with Gasteiger partial charge in [-0.25, -0.2) is 4.79 Å². The zero-order chi connectivity index (χ0) is 17.0. The predicted molar refractivity (Wildman–Crippen MR) is 81.1 cm³/mol. The zero-order valence-electron chi connectivity index (χ0n) is 12.3. The molecule has 0 fully saturated rings. The summed E-state index contributed by atoms with van der Waals surface area (Å²) in [6, 6.07) is 8.86. The molecule has 0 radical (unpaired) electrons. The lowest BCUT2D eigenvalue weighted by Crippen LogP contribution is -2.42. The van der Waals surface area contributed by atoms with Gasteiger partial charge in [-0.1, -0.05) is 30.3 Å². The van der Waals surface area contributed by atoms with Gasteiger partial charge in [0.1, 0.15) is 11.7 Å². The Balaban J connectivity index is 2.15. The van der Waals surface area contributed by atoms with Crippen molar-refractivity contribution in [2.75, 3.05) is 0 Å². The van der Waals surface area contributed by atoms with Gasteiger partial charge >= 0.3 is 5.97 Å². The summed E-state index contributed by atoms with van der Waals surface area (Å²) in [5.41, 5.74) is 0.557. The van der Waals surface area contributed by atoms with Crippen molar-refractivity contribution >= 4 is 17.6 Å². The van der Waals surface area contributed by atoms with E-state index in [-0.39, 0.29) is 17.8 Å². The number of aliphatic carboxylic acids is 1. The highest BCUT2D eigenvalue weighted by atomic mass is 16.6. The summed E-state index contributed by atoms with van der Waals surface area (Å²) >= 11 is 0. The van der Waals surface area contributed by atoms with Crippen LogP contribution in [-0.4, -0.2) is 32.5 Å². The summed E-state index contributed by atoms with van der Waals surface area (Å²) in [6.45, 7) is 0. The molecule has 8 heteroatoms. The van der Waals surface area contributed by atoms with Crippen molar-refractivity contribution < 1.29 is 19.6 Å². The predicted octanol–water partition coefficient (Wildman–Crippen LogP) is 1.36. The van der Waals surface area contributed by atoms with Crippen molar-refractivity contribution in [1.82, 2.24) is 9.88 Å². The molecular weight excluding hydrogens is 302 g/mol. The first-order valence-electron chi connectivity index (χ1n) is 6.77. The average Bonchev–Trinajstić information content (AvgIpc) is 2.90. The number of hydrogen-bond acceptors (Lipinski definition) is 4. The maximum absolute atomic E-state index is 12.2. The molecule has 2 rings (SSSR count). The minimum Gasteiger partial charge on any atom is -0.480 e. The number of carbonyl (C=O) groups excluding carboxylic acids is 1. The maximum Gasteiger partial charge on any atom is 0.326 e. The van der Waals surface area contributed by atoms with Crippen molar-refractivity contribution in [2.24, 2.45) is 7.05 Å². The molecule has 0 bridgehead atoms. The molecule has 0 saturated carbocycles. The summed E-state index contributed by atoms with van der Waals surface area (Å²) in [5.74, 6) is -1.85. The average molecular weight is 317 g/mol. The van der Waals surface area contributed by atoms with E-state index in [1.54, 1.807) is 30.3 Å². The second kappa shape index (κ2) is 6.73. The summed E-state index contributed by atoms with van der Waals surface area (Å²) in [7, 11) is 1.48. The lowest BCUT2D eigenvalue weighted by atomic mass is 10.1. The number of carboxylic acid groups (broad SMARTS) is 1. The highest BCUT2D eigenvalue weighted by Crippen LogP contribution is 2.15. The van der Waals surface area contributed by atoms with Gasteiger partial charge in [-0.05, 0) is 5.56 Å². The van der Waals surface area contributed by atoms with Gasteiger partial charge < -0.3 is 15.0 Å². The number of nitro groups is 1. The van der Waals surface area contributed by atoms with Crippen LogP contribution in [0.3, 0.4) is 0 Å². The van der Waals surface area contributed by atoms with Crippen LogP contribution in [0.25, 0.3) is 0 Å². The van der Waals surface area contributed by atoms with Gasteiger partial charge in [0.2, 0.25) is 0 Å². The van der Waals surface area contributed by atoms with Gasteiger partial charge in [-0.15, -0.1) is 0 Å². The van der Waals surface area contributed by atoms with Crippen LogP contribution in [0.5, 0.6) is 0 Å². The topological polar surface area (TPSA) is 114 Å². The van der Waals surface area contributed by atoms with E-state index in [9.17, 15) is 24.8 Å². The minimum atomic E-state index is -1.18. The summed E-state index contributed by atoms with van der Waals surface area (Å²) in [5, 5.41) is 22.4. The van der Waals surface area contributed by atoms with Crippen LogP contribution >= 0.6 is 0 Å². The lowest BCUT2D eigenvalue weighted by Gasteiger charge is -2.14. The van der Waals surface area contributed by atoms with Crippen LogP contribution in [0, 0.1) is 10.1 Å². The third-order valence-electron chi connectivity index (χ3n) is 3.32.